The van der Waals surface area contributed by atoms with E-state index in [0.717, 1.165) is 10.9 Å². The van der Waals surface area contributed by atoms with Crippen molar-refractivity contribution in [3.05, 3.63) is 6.33 Å². The zero-order valence-corrected chi connectivity index (χ0v) is 26.9. The van der Waals surface area contributed by atoms with Gasteiger partial charge in [-0.3, -0.25) is 18.2 Å². The van der Waals surface area contributed by atoms with Crippen LogP contribution in [-0.2, 0) is 32.0 Å². The average molecular weight is 760 g/mol. The monoisotopic (exact) mass is 759 g/mol. The molecule has 1 saturated heterocycles. The number of phosphoric acid groups is 1. The number of anilines is 1. The van der Waals surface area contributed by atoms with Crippen LogP contribution in [0.15, 0.2) is 11.5 Å². The lowest BCUT2D eigenvalue weighted by Crippen LogP contribution is -2.33. The van der Waals surface area contributed by atoms with Crippen LogP contribution in [0.4, 0.5) is 19.0 Å². The first-order valence-electron chi connectivity index (χ1n) is 11.7. The third-order valence-electron chi connectivity index (χ3n) is 5.53. The van der Waals surface area contributed by atoms with E-state index in [1.165, 1.54) is 7.11 Å². The molecule has 2 unspecified atom stereocenters. The van der Waals surface area contributed by atoms with Crippen LogP contribution >= 0.6 is 58.0 Å². The van der Waals surface area contributed by atoms with Crippen LogP contribution in [0, 0.1) is 0 Å². The van der Waals surface area contributed by atoms with Crippen molar-refractivity contribution in [1.29, 1.82) is 0 Å². The van der Waals surface area contributed by atoms with Gasteiger partial charge in [0.2, 0.25) is 0 Å². The second-order valence-electron chi connectivity index (χ2n) is 8.78. The highest BCUT2D eigenvalue weighted by molar-refractivity contribution is 7.99. The van der Waals surface area contributed by atoms with Gasteiger partial charge in [-0.1, -0.05) is 35.0 Å². The molecule has 44 heavy (non-hydrogen) atoms. The number of aromatic nitrogens is 4. The molecule has 6 atom stereocenters. The summed E-state index contributed by atoms with van der Waals surface area (Å²) >= 11 is 11.1. The number of thioether (sulfide) groups is 1. The van der Waals surface area contributed by atoms with E-state index in [1.807, 2.05) is 0 Å². The van der Waals surface area contributed by atoms with Gasteiger partial charge in [-0.2, -0.15) is 13.2 Å². The van der Waals surface area contributed by atoms with Crippen LogP contribution in [-0.4, -0.2) is 110 Å². The van der Waals surface area contributed by atoms with Crippen molar-refractivity contribution < 1.29 is 75.0 Å². The van der Waals surface area contributed by atoms with Gasteiger partial charge in [0.25, 0.3) is 0 Å². The van der Waals surface area contributed by atoms with Crippen LogP contribution in [0.25, 0.3) is 11.2 Å². The maximum atomic E-state index is 12.7. The van der Waals surface area contributed by atoms with Gasteiger partial charge < -0.3 is 44.6 Å². The maximum absolute atomic E-state index is 12.7. The number of nitrogens with zero attached hydrogens (tertiary/aromatic N) is 4. The molecule has 0 aliphatic carbocycles. The number of nitrogens with one attached hydrogen (secondary N) is 1. The smallest absolute Gasteiger partial charge is 0.387 e. The molecule has 1 aliphatic rings. The number of imidazole rings is 1. The highest BCUT2D eigenvalue weighted by Crippen LogP contribution is 2.79. The Balaban J connectivity index is 1.82. The molecule has 3 heterocycles. The second-order valence-corrected chi connectivity index (χ2v) is 17.9. The minimum absolute atomic E-state index is 0.0531. The minimum Gasteiger partial charge on any atom is -0.387 e. The fourth-order valence-electron chi connectivity index (χ4n) is 3.44. The molecular weight excluding hydrogens is 735 g/mol. The Kier molecular flexibility index (Phi) is 12.2. The van der Waals surface area contributed by atoms with Crippen molar-refractivity contribution in [3.63, 3.8) is 0 Å². The Morgan fingerprint density at radius 2 is 1.80 bits per heavy atom. The van der Waals surface area contributed by atoms with E-state index in [9.17, 15) is 46.9 Å². The van der Waals surface area contributed by atoms with Gasteiger partial charge in [-0.25, -0.2) is 23.8 Å². The van der Waals surface area contributed by atoms with Crippen molar-refractivity contribution in [3.8, 4) is 0 Å². The zero-order valence-electron chi connectivity index (χ0n) is 21.9. The van der Waals surface area contributed by atoms with Crippen LogP contribution in [0.2, 0.25) is 0 Å². The fourth-order valence-corrected chi connectivity index (χ4v) is 8.50. The van der Waals surface area contributed by atoms with Gasteiger partial charge in [-0.05, 0) is 0 Å². The maximum Gasteiger partial charge on any atom is 0.479 e. The van der Waals surface area contributed by atoms with Crippen molar-refractivity contribution in [2.75, 3.05) is 37.9 Å². The second kappa shape index (κ2) is 14.2. The molecule has 252 valence electrons. The standard InChI is InChI=1S/C17H25Cl2F3N5O13P3S/c1-37-4-3-23-12-9-13(26-15(25-12)44-5-2-16(20,21)22)27(7-24-9)14-11(29)10(28)8(39-14)6-38-43(35,36)40-42(33,34)17(18,19)41(30,31)32/h7-8,10-11,14,28-29H,2-6H2,1H3,(H,33,34)(H,35,36)(H,23,25,26)(H2,30,31,32)/t8-,10-,11-,14-/m1/s1. The highest BCUT2D eigenvalue weighted by atomic mass is 35.5. The summed E-state index contributed by atoms with van der Waals surface area (Å²) in [6.07, 6.45) is -11.3. The molecule has 7 N–H and O–H groups in total. The SMILES string of the molecule is COCCNc1nc(SCCC(F)(F)F)nc2c1ncn2[C@@H]1O[C@H](COP(=O)(O)OP(=O)(O)C(Cl)(Cl)P(=O)(O)O)[C@@H](O)[C@H]1O. The molecule has 2 aromatic heterocycles. The van der Waals surface area contributed by atoms with Crippen LogP contribution in [0.3, 0.4) is 0 Å². The summed E-state index contributed by atoms with van der Waals surface area (Å²) in [6, 6.07) is 0. The Morgan fingerprint density at radius 1 is 1.14 bits per heavy atom. The van der Waals surface area contributed by atoms with Gasteiger partial charge in [-0.15, -0.1) is 0 Å². The lowest BCUT2D eigenvalue weighted by Gasteiger charge is -2.26. The number of halogens is 5. The van der Waals surface area contributed by atoms with E-state index in [4.69, 9.17) is 42.5 Å². The Bertz CT molecular complexity index is 1470. The summed E-state index contributed by atoms with van der Waals surface area (Å²) in [5.74, 6) is -0.321. The summed E-state index contributed by atoms with van der Waals surface area (Å²) in [6.45, 7) is -0.670. The summed E-state index contributed by atoms with van der Waals surface area (Å²) in [7, 11) is -16.0. The minimum atomic E-state index is -5.97. The molecule has 0 aromatic carbocycles. The Hall–Kier alpha value is -0.640. The Labute approximate surface area is 259 Å². The molecule has 0 amide bonds. The number of phosphoric ester groups is 1. The molecular formula is C17H25Cl2F3N5O13P3S. The van der Waals surface area contributed by atoms with E-state index >= 15 is 0 Å². The summed E-state index contributed by atoms with van der Waals surface area (Å²) in [5, 5.41) is 23.9. The predicted octanol–water partition coefficient (Wildman–Crippen LogP) is 2.13. The van der Waals surface area contributed by atoms with E-state index in [2.05, 4.69) is 29.1 Å². The van der Waals surface area contributed by atoms with Crippen molar-refractivity contribution >= 4 is 75.0 Å². The van der Waals surface area contributed by atoms with Crippen LogP contribution < -0.4 is 5.32 Å². The number of hydrogen-bond donors (Lipinski definition) is 7. The number of rotatable bonds is 15. The fraction of sp³-hybridized carbons (Fsp3) is 0.706. The van der Waals surface area contributed by atoms with E-state index in [1.54, 1.807) is 0 Å². The Morgan fingerprint density at radius 3 is 2.39 bits per heavy atom. The zero-order chi connectivity index (χ0) is 33.3. The normalized spacial score (nSPS) is 24.4. The molecule has 27 heteroatoms. The third-order valence-corrected chi connectivity index (χ3v) is 14.1. The van der Waals surface area contributed by atoms with Crippen molar-refractivity contribution in [1.82, 2.24) is 19.5 Å². The molecule has 3 rings (SSSR count). The summed E-state index contributed by atoms with van der Waals surface area (Å²) in [5.41, 5.74) is 0.0385. The number of aliphatic hydroxyl groups is 2. The quantitative estimate of drug-likeness (QED) is 0.0451. The van der Waals surface area contributed by atoms with Gasteiger partial charge in [0, 0.05) is 19.4 Å². The molecule has 1 aliphatic heterocycles. The van der Waals surface area contributed by atoms with Gasteiger partial charge >= 0.3 is 33.0 Å². The molecule has 1 fully saturated rings. The van der Waals surface area contributed by atoms with Gasteiger partial charge in [0.1, 0.15) is 18.3 Å². The molecule has 0 bridgehead atoms. The lowest BCUT2D eigenvalue weighted by atomic mass is 10.1. The topological polar surface area (TPSA) is 265 Å². The molecule has 2 aromatic rings. The molecule has 0 saturated carbocycles. The summed E-state index contributed by atoms with van der Waals surface area (Å²) in [4.78, 5) is 50.2. The third kappa shape index (κ3) is 9.03. The number of ether oxygens (including phenoxy) is 2. The van der Waals surface area contributed by atoms with Crippen molar-refractivity contribution in [2.45, 2.75) is 46.1 Å². The van der Waals surface area contributed by atoms with Crippen molar-refractivity contribution in [2.24, 2.45) is 0 Å². The van der Waals surface area contributed by atoms with E-state index in [-0.39, 0.29) is 35.3 Å². The molecule has 18 nitrogen and oxygen atoms in total. The predicted molar refractivity (Wildman–Crippen MR) is 146 cm³/mol. The number of fused-ring (bicyclic) bond motifs is 1. The number of hydrogen-bond acceptors (Lipinski definition) is 14. The number of alkyl halides is 5. The number of methoxy groups -OCH3 is 1. The van der Waals surface area contributed by atoms with Gasteiger partial charge in [0.05, 0.1) is 26.0 Å². The number of aliphatic hydroxyl groups excluding tert-OH is 2. The largest absolute Gasteiger partial charge is 0.479 e. The first-order chi connectivity index (χ1) is 20.1. The van der Waals surface area contributed by atoms with E-state index < -0.39 is 76.3 Å². The highest BCUT2D eigenvalue weighted by Gasteiger charge is 2.62. The summed E-state index contributed by atoms with van der Waals surface area (Å²) < 4.78 is 89.9. The lowest BCUT2D eigenvalue weighted by molar-refractivity contribution is -0.129. The average Bonchev–Trinajstić information content (AvgIpc) is 3.41. The molecule has 0 radical (unpaired) electrons. The van der Waals surface area contributed by atoms with Gasteiger partial charge in [0.15, 0.2) is 28.4 Å². The first-order valence-corrected chi connectivity index (χ1v) is 18.2. The molecule has 0 spiro atoms. The van der Waals surface area contributed by atoms with Crippen LogP contribution in [0.5, 0.6) is 0 Å². The van der Waals surface area contributed by atoms with Crippen LogP contribution in [0.1, 0.15) is 12.6 Å². The first kappa shape index (κ1) is 37.8. The van der Waals surface area contributed by atoms with E-state index in [0.29, 0.717) is 11.8 Å².